The first-order valence-corrected chi connectivity index (χ1v) is 7.22. The van der Waals surface area contributed by atoms with Crippen molar-refractivity contribution in [2.24, 2.45) is 5.41 Å². The lowest BCUT2D eigenvalue weighted by Gasteiger charge is -2.37. The molecule has 5 heteroatoms. The summed E-state index contributed by atoms with van der Waals surface area (Å²) in [4.78, 5) is 18.3. The summed E-state index contributed by atoms with van der Waals surface area (Å²) in [5.41, 5.74) is 1.01. The summed E-state index contributed by atoms with van der Waals surface area (Å²) >= 11 is 1.31. The first-order chi connectivity index (χ1) is 8.43. The number of aryl methyl sites for hydroxylation is 1. The van der Waals surface area contributed by atoms with Gasteiger partial charge in [-0.15, -0.1) is 0 Å². The molecule has 0 amide bonds. The zero-order valence-corrected chi connectivity index (χ0v) is 12.0. The fraction of sp³-hybridized carbons (Fsp3) is 0.692. The van der Waals surface area contributed by atoms with Crippen molar-refractivity contribution in [3.63, 3.8) is 0 Å². The third kappa shape index (κ3) is 2.66. The van der Waals surface area contributed by atoms with E-state index < -0.39 is 5.97 Å². The minimum absolute atomic E-state index is 0.291. The number of thiazole rings is 1. The molecule has 0 unspecified atom stereocenters. The molecular weight excluding hydrogens is 248 g/mol. The maximum Gasteiger partial charge on any atom is 0.347 e. The lowest BCUT2D eigenvalue weighted by Crippen LogP contribution is -2.40. The molecule has 1 aliphatic heterocycles. The van der Waals surface area contributed by atoms with E-state index in [0.29, 0.717) is 22.4 Å². The number of anilines is 1. The smallest absolute Gasteiger partial charge is 0.347 e. The third-order valence-electron chi connectivity index (χ3n) is 3.39. The van der Waals surface area contributed by atoms with Crippen LogP contribution in [0.15, 0.2) is 0 Å². The van der Waals surface area contributed by atoms with Crippen LogP contribution >= 0.6 is 11.3 Å². The predicted octanol–water partition coefficient (Wildman–Crippen LogP) is 3.03. The van der Waals surface area contributed by atoms with E-state index in [1.54, 1.807) is 0 Å². The third-order valence-corrected chi connectivity index (χ3v) is 4.53. The Balaban J connectivity index is 2.25. The molecule has 0 atom stereocenters. The van der Waals surface area contributed by atoms with Crippen LogP contribution in [0, 0.1) is 5.41 Å². The van der Waals surface area contributed by atoms with E-state index in [4.69, 9.17) is 5.11 Å². The van der Waals surface area contributed by atoms with Crippen molar-refractivity contribution in [1.29, 1.82) is 0 Å². The van der Waals surface area contributed by atoms with Crippen molar-refractivity contribution in [3.05, 3.63) is 10.6 Å². The van der Waals surface area contributed by atoms with Gasteiger partial charge >= 0.3 is 5.97 Å². The normalized spacial score (nSPS) is 18.9. The minimum atomic E-state index is -0.855. The topological polar surface area (TPSA) is 53.4 Å². The van der Waals surface area contributed by atoms with Gasteiger partial charge < -0.3 is 10.0 Å². The van der Waals surface area contributed by atoms with Crippen molar-refractivity contribution < 1.29 is 9.90 Å². The summed E-state index contributed by atoms with van der Waals surface area (Å²) in [6.07, 6.45) is 3.05. The van der Waals surface area contributed by atoms with E-state index in [1.165, 1.54) is 17.8 Å². The van der Waals surface area contributed by atoms with Crippen LogP contribution in [-0.4, -0.2) is 29.1 Å². The molecule has 2 heterocycles. The van der Waals surface area contributed by atoms with Gasteiger partial charge in [0.1, 0.15) is 4.88 Å². The largest absolute Gasteiger partial charge is 0.477 e. The average Bonchev–Trinajstić information content (AvgIpc) is 2.71. The van der Waals surface area contributed by atoms with E-state index in [-0.39, 0.29) is 0 Å². The van der Waals surface area contributed by atoms with Crippen molar-refractivity contribution in [1.82, 2.24) is 4.98 Å². The number of aromatic carboxylic acids is 1. The van der Waals surface area contributed by atoms with Crippen LogP contribution in [0.5, 0.6) is 0 Å². The highest BCUT2D eigenvalue weighted by Gasteiger charge is 2.29. The van der Waals surface area contributed by atoms with Crippen LogP contribution in [0.2, 0.25) is 0 Å². The summed E-state index contributed by atoms with van der Waals surface area (Å²) in [6, 6.07) is 0. The minimum Gasteiger partial charge on any atom is -0.477 e. The van der Waals surface area contributed by atoms with Gasteiger partial charge in [-0.2, -0.15) is 0 Å². The Morgan fingerprint density at radius 3 is 2.78 bits per heavy atom. The molecule has 1 fully saturated rings. The fourth-order valence-corrected chi connectivity index (χ4v) is 3.49. The molecule has 2 rings (SSSR count). The van der Waals surface area contributed by atoms with Crippen LogP contribution in [-0.2, 0) is 6.42 Å². The lowest BCUT2D eigenvalue weighted by atomic mass is 9.84. The first kappa shape index (κ1) is 13.3. The molecule has 0 radical (unpaired) electrons. The number of nitrogens with zero attached hydrogens (tertiary/aromatic N) is 2. The number of carbonyl (C=O) groups is 1. The molecule has 0 aliphatic carbocycles. The highest BCUT2D eigenvalue weighted by molar-refractivity contribution is 7.17. The van der Waals surface area contributed by atoms with Crippen LogP contribution in [0.25, 0.3) is 0 Å². The maximum absolute atomic E-state index is 11.2. The Morgan fingerprint density at radius 2 is 2.28 bits per heavy atom. The van der Waals surface area contributed by atoms with Crippen LogP contribution < -0.4 is 4.90 Å². The van der Waals surface area contributed by atoms with E-state index in [9.17, 15) is 4.79 Å². The van der Waals surface area contributed by atoms with Gasteiger partial charge in [0.25, 0.3) is 0 Å². The van der Waals surface area contributed by atoms with Gasteiger partial charge in [-0.05, 0) is 24.7 Å². The Morgan fingerprint density at radius 1 is 1.56 bits per heavy atom. The van der Waals surface area contributed by atoms with E-state index in [1.807, 2.05) is 6.92 Å². The van der Waals surface area contributed by atoms with Gasteiger partial charge in [0.05, 0.1) is 5.69 Å². The molecule has 1 aromatic rings. The Labute approximate surface area is 112 Å². The zero-order valence-electron chi connectivity index (χ0n) is 11.2. The second-order valence-corrected chi connectivity index (χ2v) is 6.60. The van der Waals surface area contributed by atoms with Gasteiger partial charge in [0.15, 0.2) is 5.13 Å². The number of hydrogen-bond donors (Lipinski definition) is 1. The fourth-order valence-electron chi connectivity index (χ4n) is 2.47. The predicted molar refractivity (Wildman–Crippen MR) is 73.7 cm³/mol. The molecule has 0 spiro atoms. The molecule has 100 valence electrons. The molecule has 1 aliphatic rings. The summed E-state index contributed by atoms with van der Waals surface area (Å²) < 4.78 is 0. The van der Waals surface area contributed by atoms with Crippen molar-refractivity contribution in [3.8, 4) is 0 Å². The molecule has 0 aromatic carbocycles. The zero-order chi connectivity index (χ0) is 13.3. The molecule has 1 saturated heterocycles. The summed E-state index contributed by atoms with van der Waals surface area (Å²) in [7, 11) is 0. The quantitative estimate of drug-likeness (QED) is 0.915. The highest BCUT2D eigenvalue weighted by atomic mass is 32.1. The number of piperidine rings is 1. The lowest BCUT2D eigenvalue weighted by molar-refractivity contribution is 0.0701. The van der Waals surface area contributed by atoms with Gasteiger partial charge in [-0.3, -0.25) is 0 Å². The van der Waals surface area contributed by atoms with E-state index in [2.05, 4.69) is 23.7 Å². The van der Waals surface area contributed by atoms with Crippen LogP contribution in [0.3, 0.4) is 0 Å². The average molecular weight is 268 g/mol. The SMILES string of the molecule is CCc1nc(N2CCCC(C)(C)C2)sc1C(=O)O. The summed E-state index contributed by atoms with van der Waals surface area (Å²) in [6.45, 7) is 8.41. The Kier molecular flexibility index (Phi) is 3.61. The molecule has 4 nitrogen and oxygen atoms in total. The standard InChI is InChI=1S/C13H20N2O2S/c1-4-9-10(11(16)17)18-12(14-9)15-7-5-6-13(2,3)8-15/h4-8H2,1-3H3,(H,16,17). The van der Waals surface area contributed by atoms with Gasteiger partial charge in [0, 0.05) is 13.1 Å². The second kappa shape index (κ2) is 4.88. The molecule has 0 bridgehead atoms. The molecule has 1 aromatic heterocycles. The summed E-state index contributed by atoms with van der Waals surface area (Å²) in [5.74, 6) is -0.855. The highest BCUT2D eigenvalue weighted by Crippen LogP contribution is 2.34. The van der Waals surface area contributed by atoms with Gasteiger partial charge in [0.2, 0.25) is 0 Å². The second-order valence-electron chi connectivity index (χ2n) is 5.62. The Bertz CT molecular complexity index is 454. The number of hydrogen-bond acceptors (Lipinski definition) is 4. The molecular formula is C13H20N2O2S. The van der Waals surface area contributed by atoms with Gasteiger partial charge in [-0.25, -0.2) is 9.78 Å². The van der Waals surface area contributed by atoms with Crippen molar-refractivity contribution >= 4 is 22.4 Å². The van der Waals surface area contributed by atoms with Crippen molar-refractivity contribution in [2.75, 3.05) is 18.0 Å². The number of carboxylic acids is 1. The monoisotopic (exact) mass is 268 g/mol. The van der Waals surface area contributed by atoms with Crippen molar-refractivity contribution in [2.45, 2.75) is 40.0 Å². The number of aromatic nitrogens is 1. The van der Waals surface area contributed by atoms with Crippen LogP contribution in [0.4, 0.5) is 5.13 Å². The summed E-state index contributed by atoms with van der Waals surface area (Å²) in [5, 5.41) is 10.0. The Hall–Kier alpha value is -1.10. The molecule has 18 heavy (non-hydrogen) atoms. The molecule has 1 N–H and O–H groups in total. The number of rotatable bonds is 3. The van der Waals surface area contributed by atoms with Crippen LogP contribution in [0.1, 0.15) is 49.0 Å². The van der Waals surface area contributed by atoms with E-state index in [0.717, 1.165) is 24.6 Å². The van der Waals surface area contributed by atoms with E-state index >= 15 is 0 Å². The first-order valence-electron chi connectivity index (χ1n) is 6.41. The van der Waals surface area contributed by atoms with Gasteiger partial charge in [-0.1, -0.05) is 32.1 Å². The molecule has 0 saturated carbocycles. The maximum atomic E-state index is 11.2. The number of carboxylic acid groups (broad SMARTS) is 1.